The molecule has 1 aliphatic rings. The van der Waals surface area contributed by atoms with Crippen LogP contribution in [0.1, 0.15) is 19.3 Å². The summed E-state index contributed by atoms with van der Waals surface area (Å²) in [6.45, 7) is 3.50. The van der Waals surface area contributed by atoms with Crippen molar-refractivity contribution in [3.05, 3.63) is 0 Å². The number of rotatable bonds is 12. The third-order valence-corrected chi connectivity index (χ3v) is 3.42. The van der Waals surface area contributed by atoms with Crippen LogP contribution in [-0.2, 0) is 19.0 Å². The number of aliphatic hydroxyl groups is 1. The van der Waals surface area contributed by atoms with Crippen molar-refractivity contribution in [3.8, 4) is 0 Å². The van der Waals surface area contributed by atoms with Crippen molar-refractivity contribution >= 4 is 5.91 Å². The Bertz CT molecular complexity index is 298. The Labute approximate surface area is 132 Å². The molecule has 7 heteroatoms. The largest absolute Gasteiger partial charge is 0.389 e. The van der Waals surface area contributed by atoms with Gasteiger partial charge in [0.15, 0.2) is 0 Å². The molecule has 0 aliphatic carbocycles. The van der Waals surface area contributed by atoms with E-state index >= 15 is 0 Å². The molecule has 1 aliphatic heterocycles. The Hall–Kier alpha value is -0.730. The molecule has 130 valence electrons. The van der Waals surface area contributed by atoms with E-state index in [4.69, 9.17) is 14.2 Å². The summed E-state index contributed by atoms with van der Waals surface area (Å²) in [5.74, 6) is -0.0499. The van der Waals surface area contributed by atoms with E-state index < -0.39 is 6.10 Å². The van der Waals surface area contributed by atoms with Gasteiger partial charge in [-0.3, -0.25) is 9.69 Å². The van der Waals surface area contributed by atoms with Gasteiger partial charge in [-0.05, 0) is 26.3 Å². The number of likely N-dealkylation sites (N-methyl/N-ethyl adjacent to an activating group) is 1. The Morgan fingerprint density at radius 2 is 2.36 bits per heavy atom. The molecule has 1 heterocycles. The van der Waals surface area contributed by atoms with Crippen molar-refractivity contribution in [3.63, 3.8) is 0 Å². The lowest BCUT2D eigenvalue weighted by Crippen LogP contribution is -2.40. The third-order valence-electron chi connectivity index (χ3n) is 3.42. The lowest BCUT2D eigenvalue weighted by Gasteiger charge is -2.20. The van der Waals surface area contributed by atoms with E-state index in [-0.39, 0.29) is 25.2 Å². The highest BCUT2D eigenvalue weighted by atomic mass is 16.5. The Kier molecular flexibility index (Phi) is 10.3. The van der Waals surface area contributed by atoms with E-state index in [1.54, 1.807) is 19.1 Å². The fraction of sp³-hybridized carbons (Fsp3) is 0.933. The number of nitrogens with zero attached hydrogens (tertiary/aromatic N) is 1. The molecule has 2 N–H and O–H groups in total. The van der Waals surface area contributed by atoms with Gasteiger partial charge < -0.3 is 24.6 Å². The Morgan fingerprint density at radius 1 is 1.55 bits per heavy atom. The molecule has 1 rings (SSSR count). The van der Waals surface area contributed by atoms with Gasteiger partial charge in [-0.1, -0.05) is 0 Å². The van der Waals surface area contributed by atoms with Crippen LogP contribution in [0, 0.1) is 0 Å². The predicted octanol–water partition coefficient (Wildman–Crippen LogP) is -0.373. The summed E-state index contributed by atoms with van der Waals surface area (Å²) in [7, 11) is 3.44. The van der Waals surface area contributed by atoms with E-state index in [0.29, 0.717) is 26.3 Å². The van der Waals surface area contributed by atoms with Crippen LogP contribution in [0.5, 0.6) is 0 Å². The minimum atomic E-state index is -0.604. The van der Waals surface area contributed by atoms with Gasteiger partial charge in [0.25, 0.3) is 0 Å². The summed E-state index contributed by atoms with van der Waals surface area (Å²) >= 11 is 0. The fourth-order valence-electron chi connectivity index (χ4n) is 2.33. The molecule has 0 aromatic rings. The van der Waals surface area contributed by atoms with Crippen molar-refractivity contribution in [2.45, 2.75) is 31.5 Å². The molecule has 2 unspecified atom stereocenters. The normalized spacial score (nSPS) is 19.5. The summed E-state index contributed by atoms with van der Waals surface area (Å²) in [6.07, 6.45) is 2.47. The van der Waals surface area contributed by atoms with Crippen LogP contribution in [0.4, 0.5) is 0 Å². The quantitative estimate of drug-likeness (QED) is 0.478. The Balaban J connectivity index is 2.01. The average Bonchev–Trinajstić information content (AvgIpc) is 2.96. The molecule has 0 spiro atoms. The van der Waals surface area contributed by atoms with Crippen molar-refractivity contribution < 1.29 is 24.1 Å². The van der Waals surface area contributed by atoms with Crippen LogP contribution in [0.3, 0.4) is 0 Å². The highest BCUT2D eigenvalue weighted by molar-refractivity contribution is 5.77. The summed E-state index contributed by atoms with van der Waals surface area (Å²) in [5.41, 5.74) is 0. The average molecular weight is 318 g/mol. The van der Waals surface area contributed by atoms with E-state index in [1.807, 2.05) is 0 Å². The smallest absolute Gasteiger partial charge is 0.234 e. The lowest BCUT2D eigenvalue weighted by atomic mass is 10.2. The first-order valence-corrected chi connectivity index (χ1v) is 7.93. The van der Waals surface area contributed by atoms with E-state index in [2.05, 4.69) is 5.32 Å². The molecule has 1 amide bonds. The number of amides is 1. The molecule has 0 radical (unpaired) electrons. The molecule has 0 aromatic carbocycles. The fourth-order valence-corrected chi connectivity index (χ4v) is 2.33. The van der Waals surface area contributed by atoms with Gasteiger partial charge in [-0.25, -0.2) is 0 Å². The zero-order valence-corrected chi connectivity index (χ0v) is 13.8. The lowest BCUT2D eigenvalue weighted by molar-refractivity contribution is -0.122. The molecule has 2 atom stereocenters. The maximum absolute atomic E-state index is 11.7. The number of nitrogens with one attached hydrogen (secondary N) is 1. The highest BCUT2D eigenvalue weighted by Gasteiger charge is 2.17. The molecular formula is C15H30N2O5. The van der Waals surface area contributed by atoms with E-state index in [9.17, 15) is 9.90 Å². The number of hydrogen-bond acceptors (Lipinski definition) is 6. The summed E-state index contributed by atoms with van der Waals surface area (Å²) in [6, 6.07) is 0. The zero-order chi connectivity index (χ0) is 16.2. The van der Waals surface area contributed by atoms with E-state index in [0.717, 1.165) is 25.9 Å². The topological polar surface area (TPSA) is 80.3 Å². The van der Waals surface area contributed by atoms with Crippen molar-refractivity contribution in [2.24, 2.45) is 0 Å². The molecule has 1 saturated heterocycles. The standard InChI is InChI=1S/C15H30N2O5/c1-17(10-15(19)16-6-4-7-20-2)9-13(18)11-21-12-14-5-3-8-22-14/h13-14,18H,3-12H2,1-2H3,(H,16,19). The minimum absolute atomic E-state index is 0.0499. The summed E-state index contributed by atoms with van der Waals surface area (Å²) in [4.78, 5) is 13.4. The Morgan fingerprint density at radius 3 is 3.05 bits per heavy atom. The molecule has 0 bridgehead atoms. The molecular weight excluding hydrogens is 288 g/mol. The summed E-state index contributed by atoms with van der Waals surface area (Å²) < 4.78 is 15.8. The second-order valence-corrected chi connectivity index (χ2v) is 5.72. The summed E-state index contributed by atoms with van der Waals surface area (Å²) in [5, 5.41) is 12.7. The highest BCUT2D eigenvalue weighted by Crippen LogP contribution is 2.11. The van der Waals surface area contributed by atoms with Gasteiger partial charge in [0.1, 0.15) is 0 Å². The van der Waals surface area contributed by atoms with Gasteiger partial charge >= 0.3 is 0 Å². The van der Waals surface area contributed by atoms with Gasteiger partial charge in [-0.15, -0.1) is 0 Å². The van der Waals surface area contributed by atoms with Crippen molar-refractivity contribution in [2.75, 3.05) is 60.2 Å². The van der Waals surface area contributed by atoms with Gasteiger partial charge in [0.2, 0.25) is 5.91 Å². The van der Waals surface area contributed by atoms with Crippen molar-refractivity contribution in [1.82, 2.24) is 10.2 Å². The van der Waals surface area contributed by atoms with Gasteiger partial charge in [0.05, 0.1) is 32.0 Å². The number of methoxy groups -OCH3 is 1. The first-order chi connectivity index (χ1) is 10.6. The van der Waals surface area contributed by atoms with Crippen molar-refractivity contribution in [1.29, 1.82) is 0 Å². The second-order valence-electron chi connectivity index (χ2n) is 5.72. The zero-order valence-electron chi connectivity index (χ0n) is 13.8. The monoisotopic (exact) mass is 318 g/mol. The molecule has 22 heavy (non-hydrogen) atoms. The molecule has 0 saturated carbocycles. The van der Waals surface area contributed by atoms with Crippen LogP contribution in [0.2, 0.25) is 0 Å². The maximum Gasteiger partial charge on any atom is 0.234 e. The number of aliphatic hydroxyl groups excluding tert-OH is 1. The first-order valence-electron chi connectivity index (χ1n) is 7.93. The number of carbonyl (C=O) groups excluding carboxylic acids is 1. The third kappa shape index (κ3) is 9.32. The van der Waals surface area contributed by atoms with Crippen LogP contribution in [0.25, 0.3) is 0 Å². The minimum Gasteiger partial charge on any atom is -0.389 e. The molecule has 1 fully saturated rings. The van der Waals surface area contributed by atoms with Crippen LogP contribution in [0.15, 0.2) is 0 Å². The number of ether oxygens (including phenoxy) is 3. The SMILES string of the molecule is COCCCNC(=O)CN(C)CC(O)COCC1CCCO1. The van der Waals surface area contributed by atoms with Crippen LogP contribution < -0.4 is 5.32 Å². The second kappa shape index (κ2) is 11.8. The molecule has 7 nitrogen and oxygen atoms in total. The van der Waals surface area contributed by atoms with Crippen LogP contribution >= 0.6 is 0 Å². The van der Waals surface area contributed by atoms with Gasteiger partial charge in [0, 0.05) is 33.4 Å². The number of carbonyl (C=O) groups is 1. The predicted molar refractivity (Wildman–Crippen MR) is 82.8 cm³/mol. The van der Waals surface area contributed by atoms with Crippen LogP contribution in [-0.4, -0.2) is 88.3 Å². The van der Waals surface area contributed by atoms with E-state index in [1.165, 1.54) is 0 Å². The number of hydrogen-bond donors (Lipinski definition) is 2. The molecule has 0 aromatic heterocycles. The first kappa shape index (κ1) is 19.3. The van der Waals surface area contributed by atoms with Gasteiger partial charge in [-0.2, -0.15) is 0 Å². The maximum atomic E-state index is 11.7.